The van der Waals surface area contributed by atoms with Crippen molar-refractivity contribution in [2.75, 3.05) is 18.4 Å². The number of benzene rings is 1. The Balaban J connectivity index is 2.44. The van der Waals surface area contributed by atoms with E-state index in [4.69, 9.17) is 9.47 Å². The van der Waals surface area contributed by atoms with Gasteiger partial charge in [0.15, 0.2) is 0 Å². The molecule has 0 fully saturated rings. The lowest BCUT2D eigenvalue weighted by Crippen LogP contribution is -2.43. The van der Waals surface area contributed by atoms with Crippen molar-refractivity contribution in [1.82, 2.24) is 8.87 Å². The van der Waals surface area contributed by atoms with Gasteiger partial charge in [0.05, 0.1) is 18.0 Å². The maximum absolute atomic E-state index is 13.8. The molecule has 2 unspecified atom stereocenters. The SMILES string of the molecule is C=C(C)C(=O)OC(C)CN(CC(C)OC(=O)C(=C)C)S(=O)(=O)c1ccc(Nc2c(C)c(C#N)c(O)n(CCCC)c2=O)cc1. The topological polar surface area (TPSA) is 168 Å². The molecule has 0 saturated carbocycles. The molecule has 0 saturated heterocycles. The largest absolute Gasteiger partial charge is 0.493 e. The third-order valence-corrected chi connectivity index (χ3v) is 8.38. The number of unbranched alkanes of at least 4 members (excludes halogenated alkanes) is 1. The minimum absolute atomic E-state index is 0.0408. The lowest BCUT2D eigenvalue weighted by atomic mass is 10.1. The number of nitrogens with one attached hydrogen (secondary N) is 1. The van der Waals surface area contributed by atoms with Gasteiger partial charge in [-0.15, -0.1) is 0 Å². The van der Waals surface area contributed by atoms with Gasteiger partial charge in [-0.25, -0.2) is 18.0 Å². The van der Waals surface area contributed by atoms with E-state index in [1.807, 2.05) is 13.0 Å². The first kappa shape index (κ1) is 35.8. The van der Waals surface area contributed by atoms with Crippen LogP contribution in [0.15, 0.2) is 58.3 Å². The molecule has 13 heteroatoms. The van der Waals surface area contributed by atoms with Gasteiger partial charge >= 0.3 is 11.9 Å². The molecule has 0 radical (unpaired) electrons. The molecule has 12 nitrogen and oxygen atoms in total. The standard InChI is InChI=1S/C31H40N4O8S/c1-9-10-15-35-28(36)26(16-32)23(8)27(29(35)37)33-24-11-13-25(14-12-24)44(40,41)34(17-21(6)42-30(38)19(2)3)18-22(7)43-31(39)20(4)5/h11-14,21-22,33,36H,2,4,9-10,15,17-18H2,1,3,5-8H3. The molecule has 2 rings (SSSR count). The first-order chi connectivity index (χ1) is 20.5. The molecule has 1 aromatic heterocycles. The van der Waals surface area contributed by atoms with Crippen LogP contribution in [0.5, 0.6) is 5.88 Å². The molecule has 0 amide bonds. The molecule has 0 aliphatic carbocycles. The smallest absolute Gasteiger partial charge is 0.333 e. The monoisotopic (exact) mass is 628 g/mol. The van der Waals surface area contributed by atoms with E-state index in [-0.39, 0.29) is 52.5 Å². The lowest BCUT2D eigenvalue weighted by molar-refractivity contribution is -0.144. The molecule has 0 spiro atoms. The van der Waals surface area contributed by atoms with Crippen molar-refractivity contribution in [3.8, 4) is 11.9 Å². The predicted octanol–water partition coefficient (Wildman–Crippen LogP) is 4.28. The zero-order chi connectivity index (χ0) is 33.4. The Hall–Kier alpha value is -4.41. The summed E-state index contributed by atoms with van der Waals surface area (Å²) in [7, 11) is -4.21. The first-order valence-corrected chi connectivity index (χ1v) is 15.5. The van der Waals surface area contributed by atoms with E-state index in [1.54, 1.807) is 0 Å². The van der Waals surface area contributed by atoms with Gasteiger partial charge in [0, 0.05) is 28.9 Å². The molecule has 238 valence electrons. The fraction of sp³-hybridized carbons (Fsp3) is 0.419. The molecule has 44 heavy (non-hydrogen) atoms. The predicted molar refractivity (Wildman–Crippen MR) is 166 cm³/mol. The van der Waals surface area contributed by atoms with Crippen LogP contribution in [0, 0.1) is 18.3 Å². The van der Waals surface area contributed by atoms with Crippen LogP contribution in [0.1, 0.15) is 58.6 Å². The summed E-state index contributed by atoms with van der Waals surface area (Å²) in [4.78, 5) is 37.1. The number of sulfonamides is 1. The van der Waals surface area contributed by atoms with Gasteiger partial charge in [-0.2, -0.15) is 9.57 Å². The number of rotatable bonds is 15. The van der Waals surface area contributed by atoms with E-state index in [2.05, 4.69) is 18.5 Å². The summed E-state index contributed by atoms with van der Waals surface area (Å²) in [6, 6.07) is 7.50. The lowest BCUT2D eigenvalue weighted by Gasteiger charge is -2.28. The molecule has 1 heterocycles. The van der Waals surface area contributed by atoms with Crippen LogP contribution < -0.4 is 10.9 Å². The number of nitrogens with zero attached hydrogens (tertiary/aromatic N) is 3. The summed E-state index contributed by atoms with van der Waals surface area (Å²) in [5.41, 5.74) is 0.436. The summed E-state index contributed by atoms with van der Waals surface area (Å²) in [6.07, 6.45) is -0.345. The van der Waals surface area contributed by atoms with Gasteiger partial charge in [-0.05, 0) is 65.3 Å². The fourth-order valence-corrected chi connectivity index (χ4v) is 5.70. The normalized spacial score (nSPS) is 12.6. The van der Waals surface area contributed by atoms with Crippen LogP contribution in [0.3, 0.4) is 0 Å². The zero-order valence-electron chi connectivity index (χ0n) is 26.0. The van der Waals surface area contributed by atoms with Gasteiger partial charge in [-0.1, -0.05) is 26.5 Å². The number of ether oxygens (including phenoxy) is 2. The summed E-state index contributed by atoms with van der Waals surface area (Å²) in [6.45, 7) is 16.3. The fourth-order valence-electron chi connectivity index (χ4n) is 4.11. The van der Waals surface area contributed by atoms with Crippen molar-refractivity contribution in [2.45, 2.75) is 78.0 Å². The number of hydrogen-bond acceptors (Lipinski definition) is 10. The molecule has 2 N–H and O–H groups in total. The second kappa shape index (κ2) is 15.4. The van der Waals surface area contributed by atoms with Crippen LogP contribution in [-0.2, 0) is 35.6 Å². The first-order valence-electron chi connectivity index (χ1n) is 14.0. The van der Waals surface area contributed by atoms with Crippen molar-refractivity contribution < 1.29 is 32.6 Å². The maximum Gasteiger partial charge on any atom is 0.333 e. The second-order valence-corrected chi connectivity index (χ2v) is 12.5. The number of pyridine rings is 1. The molecule has 0 aliphatic heterocycles. The number of nitriles is 1. The number of aromatic nitrogens is 1. The Kier molecular flexibility index (Phi) is 12.5. The summed E-state index contributed by atoms with van der Waals surface area (Å²) >= 11 is 0. The van der Waals surface area contributed by atoms with Crippen molar-refractivity contribution in [2.24, 2.45) is 0 Å². The molecule has 2 atom stereocenters. The van der Waals surface area contributed by atoms with E-state index in [9.17, 15) is 33.2 Å². The van der Waals surface area contributed by atoms with E-state index >= 15 is 0 Å². The minimum Gasteiger partial charge on any atom is -0.493 e. The molecule has 0 bridgehead atoms. The zero-order valence-corrected chi connectivity index (χ0v) is 26.8. The van der Waals surface area contributed by atoms with Gasteiger partial charge in [0.2, 0.25) is 15.9 Å². The van der Waals surface area contributed by atoms with E-state index < -0.39 is 45.6 Å². The number of carbonyl (C=O) groups excluding carboxylic acids is 2. The summed E-state index contributed by atoms with van der Waals surface area (Å²) in [5, 5.41) is 23.1. The summed E-state index contributed by atoms with van der Waals surface area (Å²) < 4.78 is 40.3. The van der Waals surface area contributed by atoms with Gasteiger partial charge < -0.3 is 19.9 Å². The van der Waals surface area contributed by atoms with E-state index in [0.29, 0.717) is 12.1 Å². The highest BCUT2D eigenvalue weighted by Crippen LogP contribution is 2.27. The van der Waals surface area contributed by atoms with Crippen molar-refractivity contribution in [1.29, 1.82) is 5.26 Å². The van der Waals surface area contributed by atoms with Gasteiger partial charge in [-0.3, -0.25) is 9.36 Å². The molecule has 1 aromatic carbocycles. The van der Waals surface area contributed by atoms with E-state index in [0.717, 1.165) is 15.3 Å². The third-order valence-electron chi connectivity index (χ3n) is 6.53. The number of hydrogen-bond donors (Lipinski definition) is 2. The van der Waals surface area contributed by atoms with Crippen molar-refractivity contribution in [3.63, 3.8) is 0 Å². The summed E-state index contributed by atoms with van der Waals surface area (Å²) in [5.74, 6) is -1.75. The Morgan fingerprint density at radius 2 is 1.57 bits per heavy atom. The Bertz CT molecular complexity index is 1590. The highest BCUT2D eigenvalue weighted by molar-refractivity contribution is 7.89. The number of carbonyl (C=O) groups is 2. The molecular formula is C31H40N4O8S. The van der Waals surface area contributed by atoms with Gasteiger partial charge in [0.1, 0.15) is 29.5 Å². The quantitative estimate of drug-likeness (QED) is 0.214. The van der Waals surface area contributed by atoms with Crippen LogP contribution >= 0.6 is 0 Å². The maximum atomic E-state index is 13.8. The van der Waals surface area contributed by atoms with Crippen molar-refractivity contribution >= 4 is 33.3 Å². The molecule has 2 aromatic rings. The molecular weight excluding hydrogens is 588 g/mol. The average molecular weight is 629 g/mol. The number of esters is 2. The second-order valence-electron chi connectivity index (χ2n) is 10.6. The molecule has 0 aliphatic rings. The van der Waals surface area contributed by atoms with Gasteiger partial charge in [0.25, 0.3) is 5.56 Å². The number of aromatic hydroxyl groups is 1. The number of anilines is 2. The van der Waals surface area contributed by atoms with Crippen LogP contribution in [0.4, 0.5) is 11.4 Å². The highest BCUT2D eigenvalue weighted by atomic mass is 32.2. The Morgan fingerprint density at radius 3 is 2.00 bits per heavy atom. The van der Waals surface area contributed by atoms with Crippen LogP contribution in [0.2, 0.25) is 0 Å². The van der Waals surface area contributed by atoms with Crippen molar-refractivity contribution in [3.05, 3.63) is 70.1 Å². The Labute approximate surface area is 258 Å². The third kappa shape index (κ3) is 8.81. The average Bonchev–Trinajstić information content (AvgIpc) is 2.95. The van der Waals surface area contributed by atoms with E-state index in [1.165, 1.54) is 58.9 Å². The van der Waals surface area contributed by atoms with Crippen LogP contribution in [-0.4, -0.2) is 59.6 Å². The highest BCUT2D eigenvalue weighted by Gasteiger charge is 2.30. The minimum atomic E-state index is -4.21. The van der Waals surface area contributed by atoms with Crippen LogP contribution in [0.25, 0.3) is 0 Å². The Morgan fingerprint density at radius 1 is 1.07 bits per heavy atom.